The second-order valence-corrected chi connectivity index (χ2v) is 3.09. The first-order valence-electron chi connectivity index (χ1n) is 4.28. The van der Waals surface area contributed by atoms with Crippen LogP contribution in [0, 0.1) is 5.21 Å². The van der Waals surface area contributed by atoms with Gasteiger partial charge in [-0.05, 0) is 0 Å². The van der Waals surface area contributed by atoms with Gasteiger partial charge in [-0.15, -0.1) is 0 Å². The molecular formula is C9H9NO5. The fourth-order valence-corrected chi connectivity index (χ4v) is 1.46. The number of aldehydes is 1. The topological polar surface area (TPSA) is 83.3 Å². The van der Waals surface area contributed by atoms with Gasteiger partial charge in [0.1, 0.15) is 5.75 Å². The molecule has 0 aliphatic carbocycles. The second-order valence-electron chi connectivity index (χ2n) is 3.09. The van der Waals surface area contributed by atoms with Gasteiger partial charge in [0.15, 0.2) is 18.8 Å². The summed E-state index contributed by atoms with van der Waals surface area (Å²) in [5.41, 5.74) is 0.890. The maximum atomic E-state index is 10.8. The lowest BCUT2D eigenvalue weighted by atomic mass is 10.1. The van der Waals surface area contributed by atoms with Crippen LogP contribution in [0.2, 0.25) is 0 Å². The largest absolute Gasteiger partial charge is 0.595 e. The molecule has 0 fully saturated rings. The Hall–Kier alpha value is -1.47. The van der Waals surface area contributed by atoms with E-state index in [0.29, 0.717) is 17.6 Å². The molecule has 2 rings (SSSR count). The number of hydrogen-bond acceptors (Lipinski definition) is 5. The van der Waals surface area contributed by atoms with Crippen molar-refractivity contribution in [2.75, 3.05) is 6.79 Å². The van der Waals surface area contributed by atoms with Gasteiger partial charge in [0.05, 0.1) is 12.2 Å². The number of benzene rings is 1. The molecule has 1 unspecified atom stereocenters. The summed E-state index contributed by atoms with van der Waals surface area (Å²) >= 11 is 0. The zero-order chi connectivity index (χ0) is 10.8. The number of rotatable bonds is 2. The van der Waals surface area contributed by atoms with Crippen molar-refractivity contribution in [1.82, 2.24) is 0 Å². The van der Waals surface area contributed by atoms with Crippen molar-refractivity contribution in [1.29, 1.82) is 0 Å². The Kier molecular flexibility index (Phi) is 2.65. The fraction of sp³-hybridized carbons (Fsp3) is 0.222. The Morgan fingerprint density at radius 1 is 1.53 bits per heavy atom. The predicted molar refractivity (Wildman–Crippen MR) is 47.9 cm³/mol. The molecule has 2 N–H and O–H groups in total. The highest BCUT2D eigenvalue weighted by Gasteiger charge is 2.18. The average Bonchev–Trinajstić information content (AvgIpc) is 2.27. The third-order valence-corrected chi connectivity index (χ3v) is 2.11. The van der Waals surface area contributed by atoms with Crippen LogP contribution in [0.25, 0.3) is 0 Å². The zero-order valence-corrected chi connectivity index (χ0v) is 7.73. The molecule has 0 bridgehead atoms. The van der Waals surface area contributed by atoms with Crippen LogP contribution in [0.15, 0.2) is 12.1 Å². The van der Waals surface area contributed by atoms with Crippen molar-refractivity contribution < 1.29 is 24.7 Å². The van der Waals surface area contributed by atoms with E-state index in [1.807, 2.05) is 0 Å². The highest BCUT2D eigenvalue weighted by Crippen LogP contribution is 2.29. The van der Waals surface area contributed by atoms with E-state index >= 15 is 0 Å². The van der Waals surface area contributed by atoms with Crippen LogP contribution in [0.3, 0.4) is 0 Å². The lowest BCUT2D eigenvalue weighted by molar-refractivity contribution is -0.991. The van der Waals surface area contributed by atoms with Crippen LogP contribution in [0.4, 0.5) is 5.69 Å². The highest BCUT2D eigenvalue weighted by molar-refractivity contribution is 5.81. The van der Waals surface area contributed by atoms with E-state index in [1.165, 1.54) is 12.1 Å². The number of hydrogen-bond donors (Lipinski definition) is 2. The summed E-state index contributed by atoms with van der Waals surface area (Å²) in [6.07, 6.45) is 0.580. The summed E-state index contributed by atoms with van der Waals surface area (Å²) < 4.78 is 10.1. The van der Waals surface area contributed by atoms with E-state index in [-0.39, 0.29) is 24.7 Å². The molecule has 1 aromatic rings. The molecule has 1 heterocycles. The molecule has 6 nitrogen and oxygen atoms in total. The van der Waals surface area contributed by atoms with Crippen LogP contribution in [-0.2, 0) is 11.3 Å². The second kappa shape index (κ2) is 3.95. The first-order chi connectivity index (χ1) is 7.22. The molecule has 0 spiro atoms. The molecule has 0 amide bonds. The zero-order valence-electron chi connectivity index (χ0n) is 7.73. The molecule has 1 atom stereocenters. The van der Waals surface area contributed by atoms with E-state index in [0.717, 1.165) is 0 Å². The SMILES string of the molecule is O=Cc1cc([NH+]([O-])O)cc2c1OCOC2. The Labute approximate surface area is 85.2 Å². The number of carbonyl (C=O) groups is 1. The first kappa shape index (κ1) is 10.1. The number of nitrogens with one attached hydrogen (secondary N) is 1. The van der Waals surface area contributed by atoms with Crippen molar-refractivity contribution >= 4 is 12.0 Å². The number of ether oxygens (including phenoxy) is 2. The summed E-state index contributed by atoms with van der Waals surface area (Å²) in [5, 5.41) is 18.5. The molecule has 0 saturated heterocycles. The first-order valence-corrected chi connectivity index (χ1v) is 4.28. The monoisotopic (exact) mass is 211 g/mol. The Morgan fingerprint density at radius 3 is 3.00 bits per heavy atom. The van der Waals surface area contributed by atoms with Gasteiger partial charge in [-0.3, -0.25) is 4.79 Å². The molecule has 0 aromatic heterocycles. The molecule has 1 aliphatic heterocycles. The lowest BCUT2D eigenvalue weighted by Gasteiger charge is -2.21. The highest BCUT2D eigenvalue weighted by atomic mass is 16.8. The third kappa shape index (κ3) is 1.83. The minimum absolute atomic E-state index is 0.0601. The van der Waals surface area contributed by atoms with Gasteiger partial charge in [-0.25, -0.2) is 5.21 Å². The molecule has 80 valence electrons. The van der Waals surface area contributed by atoms with Gasteiger partial charge in [-0.2, -0.15) is 5.23 Å². The summed E-state index contributed by atoms with van der Waals surface area (Å²) in [5.74, 6) is 0.418. The van der Waals surface area contributed by atoms with E-state index < -0.39 is 5.23 Å². The van der Waals surface area contributed by atoms with E-state index in [4.69, 9.17) is 14.7 Å². The van der Waals surface area contributed by atoms with Gasteiger partial charge in [0, 0.05) is 17.7 Å². The predicted octanol–water partition coefficient (Wildman–Crippen LogP) is -0.231. The minimum atomic E-state index is -1.08. The third-order valence-electron chi connectivity index (χ3n) is 2.11. The van der Waals surface area contributed by atoms with Crippen LogP contribution in [0.5, 0.6) is 5.75 Å². The van der Waals surface area contributed by atoms with E-state index in [9.17, 15) is 10.0 Å². The normalized spacial score (nSPS) is 16.4. The summed E-state index contributed by atoms with van der Waals surface area (Å²) in [6.45, 7) is 0.345. The Balaban J connectivity index is 2.52. The van der Waals surface area contributed by atoms with Gasteiger partial charge in [0.25, 0.3) is 0 Å². The smallest absolute Gasteiger partial charge is 0.189 e. The molecule has 0 radical (unpaired) electrons. The van der Waals surface area contributed by atoms with Crippen molar-refractivity contribution in [3.05, 3.63) is 28.5 Å². The number of carbonyl (C=O) groups excluding carboxylic acids is 1. The van der Waals surface area contributed by atoms with Gasteiger partial charge in [0.2, 0.25) is 0 Å². The van der Waals surface area contributed by atoms with Crippen LogP contribution >= 0.6 is 0 Å². The van der Waals surface area contributed by atoms with Crippen molar-refractivity contribution in [2.24, 2.45) is 0 Å². The summed E-state index contributed by atoms with van der Waals surface area (Å²) in [4.78, 5) is 10.7. The number of quaternary nitrogens is 1. The van der Waals surface area contributed by atoms with Crippen molar-refractivity contribution in [2.45, 2.75) is 6.61 Å². The standard InChI is InChI=1S/C9H9NO5/c11-3-6-1-8(10(12)13)2-7-4-14-5-15-9(6)7/h1-3,10,12H,4-5H2. The summed E-state index contributed by atoms with van der Waals surface area (Å²) in [7, 11) is 0. The van der Waals surface area contributed by atoms with E-state index in [1.54, 1.807) is 0 Å². The maximum Gasteiger partial charge on any atom is 0.189 e. The lowest BCUT2D eigenvalue weighted by Crippen LogP contribution is -2.99. The Bertz CT molecular complexity index is 390. The van der Waals surface area contributed by atoms with Crippen molar-refractivity contribution in [3.63, 3.8) is 0 Å². The van der Waals surface area contributed by atoms with Gasteiger partial charge >= 0.3 is 0 Å². The van der Waals surface area contributed by atoms with E-state index in [2.05, 4.69) is 0 Å². The van der Waals surface area contributed by atoms with Gasteiger partial charge in [-0.1, -0.05) is 0 Å². The van der Waals surface area contributed by atoms with Crippen LogP contribution < -0.4 is 9.96 Å². The molecule has 6 heteroatoms. The molecular weight excluding hydrogens is 202 g/mol. The minimum Gasteiger partial charge on any atom is -0.595 e. The average molecular weight is 211 g/mol. The Morgan fingerprint density at radius 2 is 2.33 bits per heavy atom. The van der Waals surface area contributed by atoms with Crippen molar-refractivity contribution in [3.8, 4) is 5.75 Å². The quantitative estimate of drug-likeness (QED) is 0.521. The maximum absolute atomic E-state index is 10.8. The molecule has 15 heavy (non-hydrogen) atoms. The van der Waals surface area contributed by atoms with Crippen LogP contribution in [-0.4, -0.2) is 18.3 Å². The molecule has 0 saturated carbocycles. The molecule has 1 aliphatic rings. The fourth-order valence-electron chi connectivity index (χ4n) is 1.46. The van der Waals surface area contributed by atoms with Gasteiger partial charge < -0.3 is 14.7 Å². The molecule has 1 aromatic carbocycles. The van der Waals surface area contributed by atoms with Crippen LogP contribution in [0.1, 0.15) is 15.9 Å². The summed E-state index contributed by atoms with van der Waals surface area (Å²) in [6, 6.07) is 2.74. The number of fused-ring (bicyclic) bond motifs is 1.